The van der Waals surface area contributed by atoms with Gasteiger partial charge in [0.05, 0.1) is 6.54 Å². The molecule has 0 bridgehead atoms. The Bertz CT molecular complexity index is 1130. The van der Waals surface area contributed by atoms with Crippen molar-refractivity contribution in [2.75, 3.05) is 13.7 Å². The number of hydrogen-bond acceptors (Lipinski definition) is 7. The average molecular weight is 458 g/mol. The largest absolute Gasteiger partial charge is 0.482 e. The van der Waals surface area contributed by atoms with Crippen LogP contribution < -0.4 is 4.74 Å². The van der Waals surface area contributed by atoms with Crippen molar-refractivity contribution in [1.82, 2.24) is 29.8 Å². The van der Waals surface area contributed by atoms with E-state index in [4.69, 9.17) is 4.52 Å². The van der Waals surface area contributed by atoms with Gasteiger partial charge in [0.15, 0.2) is 29.6 Å². The molecule has 0 N–H and O–H groups in total. The van der Waals surface area contributed by atoms with Gasteiger partial charge in [0.25, 0.3) is 17.7 Å². The minimum absolute atomic E-state index is 0.0319. The van der Waals surface area contributed by atoms with E-state index < -0.39 is 30.7 Å². The van der Waals surface area contributed by atoms with E-state index in [1.807, 2.05) is 0 Å². The maximum atomic E-state index is 13.2. The van der Waals surface area contributed by atoms with Crippen LogP contribution in [0.25, 0.3) is 11.6 Å². The number of carbonyl (C=O) groups is 1. The molecule has 9 nitrogen and oxygen atoms in total. The van der Waals surface area contributed by atoms with Crippen molar-refractivity contribution in [1.29, 1.82) is 0 Å². The highest BCUT2D eigenvalue weighted by molar-refractivity contribution is 5.94. The fraction of sp³-hybridized carbons (Fsp3) is 0.389. The van der Waals surface area contributed by atoms with Crippen LogP contribution in [0, 0.1) is 0 Å². The van der Waals surface area contributed by atoms with Crippen molar-refractivity contribution in [3.05, 3.63) is 42.1 Å². The Morgan fingerprint density at radius 2 is 2.12 bits per heavy atom. The quantitative estimate of drug-likeness (QED) is 0.502. The summed E-state index contributed by atoms with van der Waals surface area (Å²) in [6.07, 6.45) is -2.25. The van der Waals surface area contributed by atoms with Crippen molar-refractivity contribution in [3.63, 3.8) is 0 Å². The summed E-state index contributed by atoms with van der Waals surface area (Å²) < 4.78 is 74.5. The molecule has 4 rings (SSSR count). The third-order valence-corrected chi connectivity index (χ3v) is 4.50. The fourth-order valence-corrected chi connectivity index (χ4v) is 2.83. The minimum Gasteiger partial charge on any atom is -0.482 e. The Morgan fingerprint density at radius 1 is 1.38 bits per heavy atom. The molecule has 32 heavy (non-hydrogen) atoms. The zero-order chi connectivity index (χ0) is 23.1. The first-order valence-corrected chi connectivity index (χ1v) is 9.19. The molecular weight excluding hydrogens is 443 g/mol. The Morgan fingerprint density at radius 3 is 2.81 bits per heavy atom. The summed E-state index contributed by atoms with van der Waals surface area (Å²) in [4.78, 5) is 21.6. The SMILES string of the molecule is CN(Cc1noc(-c2ccn(C3CC3(F)F)n2)n1)C(=O)c1ncccc1OCC(F)(F)F. The van der Waals surface area contributed by atoms with Crippen LogP contribution in [0.2, 0.25) is 0 Å². The second kappa shape index (κ2) is 7.84. The van der Waals surface area contributed by atoms with Crippen LogP contribution in [0.1, 0.15) is 28.8 Å². The maximum absolute atomic E-state index is 13.2. The number of hydrogen-bond donors (Lipinski definition) is 0. The van der Waals surface area contributed by atoms with Gasteiger partial charge in [0, 0.05) is 25.9 Å². The van der Waals surface area contributed by atoms with Crippen molar-refractivity contribution in [2.24, 2.45) is 0 Å². The van der Waals surface area contributed by atoms with Gasteiger partial charge in [-0.3, -0.25) is 9.48 Å². The van der Waals surface area contributed by atoms with Crippen molar-refractivity contribution >= 4 is 5.91 Å². The van der Waals surface area contributed by atoms with Crippen molar-refractivity contribution < 1.29 is 36.0 Å². The zero-order valence-electron chi connectivity index (χ0n) is 16.4. The van der Waals surface area contributed by atoms with Crippen LogP contribution in [0.4, 0.5) is 22.0 Å². The Kier molecular flexibility index (Phi) is 5.30. The lowest BCUT2D eigenvalue weighted by Gasteiger charge is -2.17. The highest BCUT2D eigenvalue weighted by Gasteiger charge is 2.59. The van der Waals surface area contributed by atoms with Crippen LogP contribution in [-0.2, 0) is 6.54 Å². The van der Waals surface area contributed by atoms with E-state index in [0.717, 1.165) is 9.58 Å². The molecule has 14 heteroatoms. The van der Waals surface area contributed by atoms with Crippen molar-refractivity contribution in [3.8, 4) is 17.3 Å². The van der Waals surface area contributed by atoms with Gasteiger partial charge < -0.3 is 14.2 Å². The van der Waals surface area contributed by atoms with E-state index in [2.05, 4.69) is 25.0 Å². The number of pyridine rings is 1. The first kappa shape index (κ1) is 21.6. The average Bonchev–Trinajstić information content (AvgIpc) is 3.11. The van der Waals surface area contributed by atoms with Crippen molar-refractivity contribution in [2.45, 2.75) is 31.1 Å². The lowest BCUT2D eigenvalue weighted by molar-refractivity contribution is -0.153. The standard InChI is InChI=1S/C18H15F5N6O3/c1-28(16(30)14-11(3-2-5-24-14)31-9-18(21,22)23)8-13-25-15(32-27-13)10-4-6-29(26-10)12-7-17(12,19)20/h2-6,12H,7-9H2,1H3. The zero-order valence-corrected chi connectivity index (χ0v) is 16.4. The summed E-state index contributed by atoms with van der Waals surface area (Å²) in [5.41, 5.74) is -0.125. The van der Waals surface area contributed by atoms with Gasteiger partial charge in [0.2, 0.25) is 0 Å². The second-order valence-corrected chi connectivity index (χ2v) is 7.09. The molecule has 1 unspecified atom stereocenters. The second-order valence-electron chi connectivity index (χ2n) is 7.09. The van der Waals surface area contributed by atoms with Gasteiger partial charge in [0.1, 0.15) is 6.04 Å². The number of rotatable bonds is 7. The molecule has 0 aliphatic heterocycles. The van der Waals surface area contributed by atoms with E-state index in [1.54, 1.807) is 0 Å². The van der Waals surface area contributed by atoms with Gasteiger partial charge in [-0.2, -0.15) is 23.3 Å². The first-order valence-electron chi connectivity index (χ1n) is 9.19. The molecule has 0 saturated heterocycles. The first-order chi connectivity index (χ1) is 15.0. The van der Waals surface area contributed by atoms with Gasteiger partial charge in [-0.05, 0) is 18.2 Å². The summed E-state index contributed by atoms with van der Waals surface area (Å²) in [6, 6.07) is 2.98. The molecule has 1 saturated carbocycles. The molecule has 3 aromatic heterocycles. The molecule has 1 atom stereocenters. The normalized spacial score (nSPS) is 17.2. The third-order valence-electron chi connectivity index (χ3n) is 4.50. The smallest absolute Gasteiger partial charge is 0.422 e. The predicted molar refractivity (Wildman–Crippen MR) is 95.7 cm³/mol. The molecule has 1 aliphatic carbocycles. The highest BCUT2D eigenvalue weighted by atomic mass is 19.4. The molecule has 3 heterocycles. The summed E-state index contributed by atoms with van der Waals surface area (Å²) in [6.45, 7) is -1.74. The van der Waals surface area contributed by atoms with Gasteiger partial charge in [-0.1, -0.05) is 5.16 Å². The number of halogens is 5. The van der Waals surface area contributed by atoms with Crippen LogP contribution in [0.15, 0.2) is 35.1 Å². The van der Waals surface area contributed by atoms with Gasteiger partial charge >= 0.3 is 6.18 Å². The van der Waals surface area contributed by atoms with Crippen LogP contribution in [0.3, 0.4) is 0 Å². The fourth-order valence-electron chi connectivity index (χ4n) is 2.83. The van der Waals surface area contributed by atoms with Crippen LogP contribution >= 0.6 is 0 Å². The third kappa shape index (κ3) is 4.68. The Labute approximate surface area is 176 Å². The summed E-state index contributed by atoms with van der Waals surface area (Å²) in [7, 11) is 1.37. The lowest BCUT2D eigenvalue weighted by atomic mass is 10.3. The van der Waals surface area contributed by atoms with Crippen LogP contribution in [0.5, 0.6) is 5.75 Å². The minimum atomic E-state index is -4.58. The highest BCUT2D eigenvalue weighted by Crippen LogP contribution is 2.52. The number of amides is 1. The molecule has 3 aromatic rings. The molecule has 0 spiro atoms. The van der Waals surface area contributed by atoms with E-state index in [0.29, 0.717) is 0 Å². The molecule has 1 aliphatic rings. The van der Waals surface area contributed by atoms with Gasteiger partial charge in [-0.15, -0.1) is 0 Å². The molecule has 1 fully saturated rings. The van der Waals surface area contributed by atoms with E-state index in [-0.39, 0.29) is 41.8 Å². The summed E-state index contributed by atoms with van der Waals surface area (Å²) >= 11 is 0. The maximum Gasteiger partial charge on any atom is 0.422 e. The predicted octanol–water partition coefficient (Wildman–Crippen LogP) is 3.12. The topological polar surface area (TPSA) is 99.2 Å². The molecule has 1 amide bonds. The Hall–Kier alpha value is -3.58. The molecule has 170 valence electrons. The Balaban J connectivity index is 1.43. The van der Waals surface area contributed by atoms with E-state index in [9.17, 15) is 26.7 Å². The summed E-state index contributed by atoms with van der Waals surface area (Å²) in [5, 5.41) is 7.73. The number of aromatic nitrogens is 5. The molecular formula is C18H15F5N6O3. The summed E-state index contributed by atoms with van der Waals surface area (Å²) in [5.74, 6) is -3.81. The number of ether oxygens (including phenoxy) is 1. The van der Waals surface area contributed by atoms with E-state index in [1.165, 1.54) is 37.6 Å². The van der Waals surface area contributed by atoms with E-state index >= 15 is 0 Å². The monoisotopic (exact) mass is 458 g/mol. The molecule has 0 radical (unpaired) electrons. The number of nitrogens with zero attached hydrogens (tertiary/aromatic N) is 6. The number of carbonyl (C=O) groups excluding carboxylic acids is 1. The van der Waals surface area contributed by atoms with Crippen LogP contribution in [-0.4, -0.2) is 61.5 Å². The lowest BCUT2D eigenvalue weighted by Crippen LogP contribution is -2.28. The molecule has 0 aromatic carbocycles. The number of alkyl halides is 5. The van der Waals surface area contributed by atoms with Gasteiger partial charge in [-0.25, -0.2) is 13.8 Å².